The lowest BCUT2D eigenvalue weighted by molar-refractivity contribution is -0.178. The van der Waals surface area contributed by atoms with Gasteiger partial charge in [0.05, 0.1) is 0 Å². The first kappa shape index (κ1) is 19.7. The van der Waals surface area contributed by atoms with Crippen LogP contribution in [0.2, 0.25) is 0 Å². The van der Waals surface area contributed by atoms with E-state index < -0.39 is 5.91 Å². The minimum absolute atomic E-state index is 0.328. The largest absolute Gasteiger partial charge is 0.373 e. The van der Waals surface area contributed by atoms with Crippen molar-refractivity contribution >= 4 is 5.91 Å². The SMILES string of the molecule is COC1(c2ccnc(C(N)=O)c2)C2CCCC1CN([C@H]1C[C@H](c3ccccc3)C1)C2. The molecule has 0 spiro atoms. The van der Waals surface area contributed by atoms with Gasteiger partial charge in [0.25, 0.3) is 5.91 Å². The summed E-state index contributed by atoms with van der Waals surface area (Å²) in [4.78, 5) is 18.6. The molecule has 2 saturated carbocycles. The van der Waals surface area contributed by atoms with Crippen LogP contribution in [0.5, 0.6) is 0 Å². The van der Waals surface area contributed by atoms with Gasteiger partial charge in [-0.3, -0.25) is 14.7 Å². The number of fused-ring (bicyclic) bond motifs is 2. The van der Waals surface area contributed by atoms with Crippen LogP contribution in [0.1, 0.15) is 59.6 Å². The number of carbonyl (C=O) groups is 1. The van der Waals surface area contributed by atoms with Crippen LogP contribution in [0.25, 0.3) is 0 Å². The molecule has 2 aliphatic carbocycles. The van der Waals surface area contributed by atoms with Crippen molar-refractivity contribution in [1.29, 1.82) is 0 Å². The molecule has 2 unspecified atom stereocenters. The summed E-state index contributed by atoms with van der Waals surface area (Å²) in [6.07, 6.45) is 7.77. The monoisotopic (exact) mass is 405 g/mol. The number of primary amides is 1. The standard InChI is InChI=1S/C25H31N3O2/c1-30-25(19-10-11-27-23(14-19)24(26)29)20-8-5-9-21(25)16-28(15-20)22-12-18(13-22)17-6-3-2-4-7-17/h2-4,6-7,10-11,14,18,20-22H,5,8-9,12-13,15-16H2,1H3,(H2,26,29)/t18-,20?,21?,22-,25?. The molecule has 5 heteroatoms. The molecule has 1 aromatic heterocycles. The molecule has 1 amide bonds. The summed E-state index contributed by atoms with van der Waals surface area (Å²) in [7, 11) is 1.83. The Morgan fingerprint density at radius 2 is 1.83 bits per heavy atom. The number of benzene rings is 1. The molecule has 1 saturated heterocycles. The Kier molecular flexibility index (Phi) is 5.11. The van der Waals surface area contributed by atoms with Crippen LogP contribution in [0.3, 0.4) is 0 Å². The zero-order chi connectivity index (χ0) is 20.7. The highest BCUT2D eigenvalue weighted by Gasteiger charge is 2.54. The number of methoxy groups -OCH3 is 1. The molecule has 0 radical (unpaired) electrons. The van der Waals surface area contributed by atoms with E-state index >= 15 is 0 Å². The summed E-state index contributed by atoms with van der Waals surface area (Å²) in [5, 5.41) is 0. The molecular formula is C25H31N3O2. The molecule has 1 aliphatic heterocycles. The summed E-state index contributed by atoms with van der Waals surface area (Å²) in [6.45, 7) is 2.12. The first-order valence-corrected chi connectivity index (χ1v) is 11.2. The van der Waals surface area contributed by atoms with Gasteiger partial charge in [0, 0.05) is 44.3 Å². The topological polar surface area (TPSA) is 68.5 Å². The highest BCUT2D eigenvalue weighted by molar-refractivity contribution is 5.90. The van der Waals surface area contributed by atoms with Crippen LogP contribution in [0.4, 0.5) is 0 Å². The van der Waals surface area contributed by atoms with E-state index in [1.165, 1.54) is 24.8 Å². The molecule has 5 rings (SSSR count). The van der Waals surface area contributed by atoms with E-state index in [2.05, 4.69) is 40.2 Å². The molecule has 30 heavy (non-hydrogen) atoms. The molecule has 2 heterocycles. The normalized spacial score (nSPS) is 33.6. The number of piperidine rings is 1. The van der Waals surface area contributed by atoms with Crippen molar-refractivity contribution in [2.45, 2.75) is 49.7 Å². The molecular weight excluding hydrogens is 374 g/mol. The van der Waals surface area contributed by atoms with E-state index in [9.17, 15) is 4.79 Å². The zero-order valence-electron chi connectivity index (χ0n) is 17.7. The van der Waals surface area contributed by atoms with Crippen LogP contribution in [-0.4, -0.2) is 42.0 Å². The number of pyridine rings is 1. The summed E-state index contributed by atoms with van der Waals surface area (Å²) in [5.74, 6) is 1.07. The lowest BCUT2D eigenvalue weighted by atomic mass is 9.61. The van der Waals surface area contributed by atoms with Crippen molar-refractivity contribution in [3.63, 3.8) is 0 Å². The second-order valence-corrected chi connectivity index (χ2v) is 9.30. The van der Waals surface area contributed by atoms with Gasteiger partial charge < -0.3 is 10.5 Å². The van der Waals surface area contributed by atoms with Crippen molar-refractivity contribution in [2.75, 3.05) is 20.2 Å². The van der Waals surface area contributed by atoms with Gasteiger partial charge in [-0.05, 0) is 54.9 Å². The average molecular weight is 406 g/mol. The Morgan fingerprint density at radius 1 is 1.13 bits per heavy atom. The molecule has 1 aromatic carbocycles. The summed E-state index contributed by atoms with van der Waals surface area (Å²) in [5.41, 5.74) is 8.04. The van der Waals surface area contributed by atoms with E-state index in [4.69, 9.17) is 10.5 Å². The Hall–Kier alpha value is -2.24. The average Bonchev–Trinajstić information content (AvgIpc) is 2.73. The van der Waals surface area contributed by atoms with Gasteiger partial charge >= 0.3 is 0 Å². The maximum atomic E-state index is 11.7. The fourth-order valence-corrected chi connectivity index (χ4v) is 6.38. The second kappa shape index (κ2) is 7.78. The maximum Gasteiger partial charge on any atom is 0.267 e. The quantitative estimate of drug-likeness (QED) is 0.824. The molecule has 2 atom stereocenters. The van der Waals surface area contributed by atoms with Crippen molar-refractivity contribution in [1.82, 2.24) is 9.88 Å². The van der Waals surface area contributed by atoms with Gasteiger partial charge in [-0.15, -0.1) is 0 Å². The van der Waals surface area contributed by atoms with Crippen LogP contribution in [0.15, 0.2) is 48.7 Å². The number of hydrogen-bond donors (Lipinski definition) is 1. The van der Waals surface area contributed by atoms with Gasteiger partial charge in [0.1, 0.15) is 11.3 Å². The molecule has 2 aromatic rings. The molecule has 5 nitrogen and oxygen atoms in total. The number of ether oxygens (including phenoxy) is 1. The summed E-state index contributed by atoms with van der Waals surface area (Å²) >= 11 is 0. The number of aromatic nitrogens is 1. The second-order valence-electron chi connectivity index (χ2n) is 9.30. The fourth-order valence-electron chi connectivity index (χ4n) is 6.38. The van der Waals surface area contributed by atoms with Crippen molar-refractivity contribution in [2.24, 2.45) is 17.6 Å². The molecule has 158 valence electrons. The minimum Gasteiger partial charge on any atom is -0.373 e. The Morgan fingerprint density at radius 3 is 2.47 bits per heavy atom. The minimum atomic E-state index is -0.480. The Bertz CT molecular complexity index is 896. The van der Waals surface area contributed by atoms with Gasteiger partial charge in [-0.25, -0.2) is 0 Å². The number of nitrogens with zero attached hydrogens (tertiary/aromatic N) is 2. The van der Waals surface area contributed by atoms with E-state index in [1.54, 1.807) is 6.20 Å². The number of rotatable bonds is 5. The van der Waals surface area contributed by atoms with Crippen LogP contribution >= 0.6 is 0 Å². The van der Waals surface area contributed by atoms with Crippen molar-refractivity contribution in [3.8, 4) is 0 Å². The lowest BCUT2D eigenvalue weighted by Crippen LogP contribution is -2.62. The van der Waals surface area contributed by atoms with Crippen LogP contribution in [-0.2, 0) is 10.3 Å². The Labute approximate surface area is 178 Å². The van der Waals surface area contributed by atoms with Gasteiger partial charge in [0.2, 0.25) is 0 Å². The predicted molar refractivity (Wildman–Crippen MR) is 116 cm³/mol. The molecule has 3 fully saturated rings. The third kappa shape index (κ3) is 3.15. The van der Waals surface area contributed by atoms with E-state index in [-0.39, 0.29) is 5.60 Å². The summed E-state index contributed by atoms with van der Waals surface area (Å²) in [6, 6.07) is 15.5. The van der Waals surface area contributed by atoms with Crippen LogP contribution < -0.4 is 5.73 Å². The van der Waals surface area contributed by atoms with E-state index in [0.29, 0.717) is 29.5 Å². The van der Waals surface area contributed by atoms with Gasteiger partial charge in [-0.1, -0.05) is 36.8 Å². The lowest BCUT2D eigenvalue weighted by Gasteiger charge is -2.58. The highest BCUT2D eigenvalue weighted by Crippen LogP contribution is 2.53. The van der Waals surface area contributed by atoms with Gasteiger partial charge in [0.15, 0.2) is 0 Å². The number of nitrogens with two attached hydrogens (primary N) is 1. The summed E-state index contributed by atoms with van der Waals surface area (Å²) < 4.78 is 6.33. The highest BCUT2D eigenvalue weighted by atomic mass is 16.5. The zero-order valence-corrected chi connectivity index (χ0v) is 17.7. The molecule has 3 aliphatic rings. The number of amides is 1. The van der Waals surface area contributed by atoms with Crippen LogP contribution in [0, 0.1) is 11.8 Å². The molecule has 2 bridgehead atoms. The number of hydrogen-bond acceptors (Lipinski definition) is 4. The maximum absolute atomic E-state index is 11.7. The van der Waals surface area contributed by atoms with E-state index in [1.807, 2.05) is 19.2 Å². The third-order valence-electron chi connectivity index (χ3n) is 7.93. The van der Waals surface area contributed by atoms with E-state index in [0.717, 1.165) is 31.5 Å². The van der Waals surface area contributed by atoms with Gasteiger partial charge in [-0.2, -0.15) is 0 Å². The van der Waals surface area contributed by atoms with Crippen molar-refractivity contribution < 1.29 is 9.53 Å². The number of likely N-dealkylation sites (tertiary alicyclic amines) is 1. The van der Waals surface area contributed by atoms with Crippen molar-refractivity contribution in [3.05, 3.63) is 65.5 Å². The smallest absolute Gasteiger partial charge is 0.267 e. The first-order valence-electron chi connectivity index (χ1n) is 11.2. The number of carbonyl (C=O) groups excluding carboxylic acids is 1. The first-order chi connectivity index (χ1) is 14.6. The predicted octanol–water partition coefficient (Wildman–Crippen LogP) is 3.70. The fraction of sp³-hybridized carbons (Fsp3) is 0.520. The third-order valence-corrected chi connectivity index (χ3v) is 7.93. The molecule has 2 N–H and O–H groups in total. The Balaban J connectivity index is 1.36.